The minimum Gasteiger partial charge on any atom is -0.289 e. The average Bonchev–Trinajstić information content (AvgIpc) is 2.47. The summed E-state index contributed by atoms with van der Waals surface area (Å²) in [4.78, 5) is 11.8. The normalized spacial score (nSPS) is 16.0. The fraction of sp³-hybridized carbons (Fsp3) is 0.214. The van der Waals surface area contributed by atoms with Crippen LogP contribution in [0, 0.1) is 0 Å². The van der Waals surface area contributed by atoms with Crippen molar-refractivity contribution in [2.45, 2.75) is 19.8 Å². The Morgan fingerprint density at radius 1 is 1.19 bits per heavy atom. The van der Waals surface area contributed by atoms with E-state index >= 15 is 0 Å². The lowest BCUT2D eigenvalue weighted by molar-refractivity contribution is 0.960. The van der Waals surface area contributed by atoms with Gasteiger partial charge in [0.2, 0.25) is 0 Å². The number of rotatable bonds is 1. The van der Waals surface area contributed by atoms with Crippen LogP contribution in [-0.2, 0) is 0 Å². The van der Waals surface area contributed by atoms with Gasteiger partial charge in [0.25, 0.3) is 0 Å². The molecule has 0 aliphatic heterocycles. The molecule has 2 rings (SSSR count). The number of hydrogen-bond donors (Lipinski definition) is 0. The van der Waals surface area contributed by atoms with Gasteiger partial charge in [-0.15, -0.1) is 0 Å². The van der Waals surface area contributed by atoms with Crippen LogP contribution in [0.3, 0.4) is 0 Å². The van der Waals surface area contributed by atoms with Crippen LogP contribution in [0.2, 0.25) is 0 Å². The van der Waals surface area contributed by atoms with Crippen LogP contribution in [0.4, 0.5) is 0 Å². The van der Waals surface area contributed by atoms with Gasteiger partial charge in [0.1, 0.15) is 0 Å². The lowest BCUT2D eigenvalue weighted by atomic mass is 9.95. The van der Waals surface area contributed by atoms with E-state index in [2.05, 4.69) is 0 Å². The van der Waals surface area contributed by atoms with Crippen molar-refractivity contribution in [1.29, 1.82) is 0 Å². The van der Waals surface area contributed by atoms with Crippen molar-refractivity contribution in [2.24, 2.45) is 0 Å². The largest absolute Gasteiger partial charge is 0.289 e. The van der Waals surface area contributed by atoms with E-state index in [1.807, 2.05) is 31.2 Å². The summed E-state index contributed by atoms with van der Waals surface area (Å²) in [6.07, 6.45) is 3.98. The minimum absolute atomic E-state index is 0.0177. The van der Waals surface area contributed by atoms with Crippen molar-refractivity contribution >= 4 is 17.2 Å². The summed E-state index contributed by atoms with van der Waals surface area (Å²) in [5.74, 6) is 0. The Bertz CT molecular complexity index is 526. The van der Waals surface area contributed by atoms with Gasteiger partial charge >= 0.3 is 0 Å². The van der Waals surface area contributed by atoms with Crippen LogP contribution >= 0.6 is 11.6 Å². The van der Waals surface area contributed by atoms with Crippen molar-refractivity contribution in [1.82, 2.24) is 0 Å². The van der Waals surface area contributed by atoms with Crippen molar-refractivity contribution in [3.05, 3.63) is 62.8 Å². The van der Waals surface area contributed by atoms with Gasteiger partial charge in [-0.1, -0.05) is 47.5 Å². The van der Waals surface area contributed by atoms with Gasteiger partial charge in [-0.2, -0.15) is 0 Å². The van der Waals surface area contributed by atoms with Gasteiger partial charge in [-0.3, -0.25) is 4.79 Å². The maximum atomic E-state index is 11.8. The molecule has 0 aromatic heterocycles. The summed E-state index contributed by atoms with van der Waals surface area (Å²) < 4.78 is 0. The van der Waals surface area contributed by atoms with E-state index in [9.17, 15) is 4.79 Å². The molecule has 0 saturated carbocycles. The summed E-state index contributed by atoms with van der Waals surface area (Å²) in [6.45, 7) is 2.02. The van der Waals surface area contributed by atoms with Gasteiger partial charge in [0.15, 0.2) is 5.43 Å². The topological polar surface area (TPSA) is 17.1 Å². The fourth-order valence-corrected chi connectivity index (χ4v) is 2.12. The molecule has 0 spiro atoms. The molecule has 0 radical (unpaired) electrons. The summed E-state index contributed by atoms with van der Waals surface area (Å²) in [5.41, 5.74) is 2.75. The van der Waals surface area contributed by atoms with E-state index < -0.39 is 0 Å². The number of hydrogen-bond acceptors (Lipinski definition) is 1. The monoisotopic (exact) mass is 232 g/mol. The Hall–Kier alpha value is -1.34. The molecule has 0 atom stereocenters. The Kier molecular flexibility index (Phi) is 3.25. The third kappa shape index (κ3) is 2.10. The Labute approximate surface area is 100 Å². The SMILES string of the molecule is CC1=C(Cl)C(c2cccccc2=O)=CCC1. The van der Waals surface area contributed by atoms with Gasteiger partial charge in [0.05, 0.1) is 0 Å². The molecule has 1 aromatic rings. The molecule has 0 fully saturated rings. The second-order valence-electron chi connectivity index (χ2n) is 3.94. The summed E-state index contributed by atoms with van der Waals surface area (Å²) in [5, 5.41) is 0.731. The molecule has 0 bridgehead atoms. The third-order valence-electron chi connectivity index (χ3n) is 2.77. The van der Waals surface area contributed by atoms with E-state index in [1.165, 1.54) is 0 Å². The van der Waals surface area contributed by atoms with Gasteiger partial charge < -0.3 is 0 Å². The summed E-state index contributed by atoms with van der Waals surface area (Å²) in [7, 11) is 0. The van der Waals surface area contributed by atoms with Crippen molar-refractivity contribution in [2.75, 3.05) is 0 Å². The molecule has 1 aliphatic rings. The standard InChI is InChI=1S/C14H13ClO/c1-10-6-5-8-12(14(10)15)11-7-3-2-4-9-13(11)16/h2-4,7-9H,5-6H2,1H3. The summed E-state index contributed by atoms with van der Waals surface area (Å²) in [6, 6.07) is 8.86. The van der Waals surface area contributed by atoms with E-state index in [0.717, 1.165) is 29.0 Å². The predicted molar refractivity (Wildman–Crippen MR) is 68.5 cm³/mol. The van der Waals surface area contributed by atoms with Gasteiger partial charge in [-0.25, -0.2) is 0 Å². The maximum Gasteiger partial charge on any atom is 0.186 e. The second-order valence-corrected chi connectivity index (χ2v) is 4.32. The van der Waals surface area contributed by atoms with E-state index in [4.69, 9.17) is 11.6 Å². The van der Waals surface area contributed by atoms with Crippen LogP contribution in [0.1, 0.15) is 25.3 Å². The highest BCUT2D eigenvalue weighted by Crippen LogP contribution is 2.33. The molecule has 1 nitrogen and oxygen atoms in total. The first kappa shape index (κ1) is 11.2. The first-order valence-electron chi connectivity index (χ1n) is 5.35. The van der Waals surface area contributed by atoms with Crippen LogP contribution in [0.25, 0.3) is 5.57 Å². The lowest BCUT2D eigenvalue weighted by Crippen LogP contribution is -2.05. The molecular weight excluding hydrogens is 220 g/mol. The second kappa shape index (κ2) is 4.67. The molecule has 2 heteroatoms. The number of allylic oxidation sites excluding steroid dienone is 4. The van der Waals surface area contributed by atoms with Crippen LogP contribution < -0.4 is 5.43 Å². The first-order valence-corrected chi connectivity index (χ1v) is 5.73. The van der Waals surface area contributed by atoms with E-state index in [-0.39, 0.29) is 5.43 Å². The highest BCUT2D eigenvalue weighted by Gasteiger charge is 2.14. The average molecular weight is 233 g/mol. The smallest absolute Gasteiger partial charge is 0.186 e. The van der Waals surface area contributed by atoms with Crippen LogP contribution in [-0.4, -0.2) is 0 Å². The summed E-state index contributed by atoms with van der Waals surface area (Å²) >= 11 is 6.26. The molecular formula is C14H13ClO. The Morgan fingerprint density at radius 2 is 1.94 bits per heavy atom. The van der Waals surface area contributed by atoms with Gasteiger partial charge in [0, 0.05) is 16.2 Å². The molecule has 0 N–H and O–H groups in total. The highest BCUT2D eigenvalue weighted by molar-refractivity contribution is 6.37. The molecule has 0 unspecified atom stereocenters. The molecule has 1 aromatic carbocycles. The molecule has 0 saturated heterocycles. The zero-order chi connectivity index (χ0) is 11.5. The molecule has 1 aliphatic carbocycles. The van der Waals surface area contributed by atoms with Crippen LogP contribution in [0.15, 0.2) is 51.8 Å². The third-order valence-corrected chi connectivity index (χ3v) is 3.29. The number of halogens is 1. The zero-order valence-electron chi connectivity index (χ0n) is 9.16. The quantitative estimate of drug-likeness (QED) is 0.721. The predicted octanol–water partition coefficient (Wildman–Crippen LogP) is 3.74. The van der Waals surface area contributed by atoms with Crippen LogP contribution in [0.5, 0.6) is 0 Å². The van der Waals surface area contributed by atoms with Crippen molar-refractivity contribution in [3.63, 3.8) is 0 Å². The minimum atomic E-state index is 0.0177. The Balaban J connectivity index is 2.59. The lowest BCUT2D eigenvalue weighted by Gasteiger charge is -2.14. The Morgan fingerprint density at radius 3 is 2.75 bits per heavy atom. The fourth-order valence-electron chi connectivity index (χ4n) is 1.84. The van der Waals surface area contributed by atoms with Crippen molar-refractivity contribution < 1.29 is 0 Å². The van der Waals surface area contributed by atoms with E-state index in [0.29, 0.717) is 5.56 Å². The van der Waals surface area contributed by atoms with E-state index in [1.54, 1.807) is 12.1 Å². The highest BCUT2D eigenvalue weighted by atomic mass is 35.5. The molecule has 82 valence electrons. The first-order chi connectivity index (χ1) is 7.70. The maximum absolute atomic E-state index is 11.8. The van der Waals surface area contributed by atoms with Gasteiger partial charge in [-0.05, 0) is 25.8 Å². The van der Waals surface area contributed by atoms with Crippen molar-refractivity contribution in [3.8, 4) is 0 Å². The molecule has 0 heterocycles. The zero-order valence-corrected chi connectivity index (χ0v) is 9.92. The molecule has 0 amide bonds. The molecule has 16 heavy (non-hydrogen) atoms.